The number of carbonyl (C=O) groups is 1. The lowest BCUT2D eigenvalue weighted by molar-refractivity contribution is -0.137. The highest BCUT2D eigenvalue weighted by Crippen LogP contribution is 2.26. The number of rotatable bonds is 6. The summed E-state index contributed by atoms with van der Waals surface area (Å²) in [4.78, 5) is 26.0. The van der Waals surface area contributed by atoms with Crippen LogP contribution >= 0.6 is 0 Å². The third-order valence-corrected chi connectivity index (χ3v) is 4.41. The second-order valence-corrected chi connectivity index (χ2v) is 6.01. The molecule has 0 spiro atoms. The van der Waals surface area contributed by atoms with Crippen LogP contribution in [0, 0.1) is 5.82 Å². The van der Waals surface area contributed by atoms with E-state index in [2.05, 4.69) is 0 Å². The molecule has 2 aromatic rings. The highest BCUT2D eigenvalue weighted by molar-refractivity contribution is 5.77. The van der Waals surface area contributed by atoms with Crippen LogP contribution in [0.5, 0.6) is 0 Å². The zero-order chi connectivity index (χ0) is 17.8. The SMILES string of the molecule is COCCOCC(=O)N1CCC(n2c(=O)oc3ccc(F)cc32)CC1. The first-order valence-corrected chi connectivity index (χ1v) is 8.25. The molecule has 0 aliphatic carbocycles. The lowest BCUT2D eigenvalue weighted by Crippen LogP contribution is -2.42. The molecule has 0 saturated carbocycles. The van der Waals surface area contributed by atoms with E-state index in [9.17, 15) is 14.0 Å². The van der Waals surface area contributed by atoms with Crippen molar-refractivity contribution in [1.82, 2.24) is 9.47 Å². The predicted octanol–water partition coefficient (Wildman–Crippen LogP) is 1.56. The number of piperidine rings is 1. The highest BCUT2D eigenvalue weighted by Gasteiger charge is 2.26. The van der Waals surface area contributed by atoms with E-state index >= 15 is 0 Å². The molecule has 1 fully saturated rings. The third-order valence-electron chi connectivity index (χ3n) is 4.41. The Morgan fingerprint density at radius 2 is 2.08 bits per heavy atom. The van der Waals surface area contributed by atoms with Gasteiger partial charge >= 0.3 is 5.76 Å². The summed E-state index contributed by atoms with van der Waals surface area (Å²) in [5.74, 6) is -0.985. The Kier molecular flexibility index (Phi) is 5.50. The fourth-order valence-corrected chi connectivity index (χ4v) is 3.12. The first kappa shape index (κ1) is 17.6. The number of fused-ring (bicyclic) bond motifs is 1. The van der Waals surface area contributed by atoms with Crippen LogP contribution < -0.4 is 5.76 Å². The molecule has 1 aromatic carbocycles. The number of halogens is 1. The van der Waals surface area contributed by atoms with Gasteiger partial charge in [0.25, 0.3) is 0 Å². The van der Waals surface area contributed by atoms with Crippen LogP contribution in [0.1, 0.15) is 18.9 Å². The van der Waals surface area contributed by atoms with Crippen molar-refractivity contribution in [1.29, 1.82) is 0 Å². The van der Waals surface area contributed by atoms with E-state index in [1.165, 1.54) is 22.8 Å². The first-order valence-electron chi connectivity index (χ1n) is 8.25. The van der Waals surface area contributed by atoms with Crippen LogP contribution in [0.15, 0.2) is 27.4 Å². The molecule has 7 nitrogen and oxygen atoms in total. The van der Waals surface area contributed by atoms with Crippen molar-refractivity contribution in [2.45, 2.75) is 18.9 Å². The summed E-state index contributed by atoms with van der Waals surface area (Å²) < 4.78 is 30.3. The van der Waals surface area contributed by atoms with Crippen LogP contribution in [-0.2, 0) is 14.3 Å². The molecule has 0 N–H and O–H groups in total. The standard InChI is InChI=1S/C17H21FN2O5/c1-23-8-9-24-11-16(21)19-6-4-13(5-7-19)20-14-10-12(18)2-3-15(14)25-17(20)22/h2-3,10,13H,4-9,11H2,1H3. The van der Waals surface area contributed by atoms with Crippen molar-refractivity contribution in [3.63, 3.8) is 0 Å². The normalized spacial score (nSPS) is 15.8. The summed E-state index contributed by atoms with van der Waals surface area (Å²) in [5.41, 5.74) is 0.828. The maximum Gasteiger partial charge on any atom is 0.420 e. The van der Waals surface area contributed by atoms with Crippen molar-refractivity contribution in [3.05, 3.63) is 34.6 Å². The van der Waals surface area contributed by atoms with Crippen molar-refractivity contribution in [3.8, 4) is 0 Å². The van der Waals surface area contributed by atoms with Crippen molar-refractivity contribution in [2.24, 2.45) is 0 Å². The predicted molar refractivity (Wildman–Crippen MR) is 88.0 cm³/mol. The molecule has 0 unspecified atom stereocenters. The number of likely N-dealkylation sites (tertiary alicyclic amines) is 1. The van der Waals surface area contributed by atoms with Crippen molar-refractivity contribution < 1.29 is 23.1 Å². The van der Waals surface area contributed by atoms with Crippen molar-refractivity contribution in [2.75, 3.05) is 40.0 Å². The first-order chi connectivity index (χ1) is 12.1. The van der Waals surface area contributed by atoms with Crippen molar-refractivity contribution >= 4 is 17.0 Å². The van der Waals surface area contributed by atoms with Gasteiger partial charge in [-0.2, -0.15) is 0 Å². The number of carbonyl (C=O) groups excluding carboxylic acids is 1. The van der Waals surface area contributed by atoms with Gasteiger partial charge in [0.2, 0.25) is 5.91 Å². The fraction of sp³-hybridized carbons (Fsp3) is 0.529. The number of methoxy groups -OCH3 is 1. The molecular weight excluding hydrogens is 331 g/mol. The zero-order valence-corrected chi connectivity index (χ0v) is 14.1. The molecule has 1 amide bonds. The van der Waals surface area contributed by atoms with Gasteiger partial charge in [0, 0.05) is 32.3 Å². The summed E-state index contributed by atoms with van der Waals surface area (Å²) in [6.45, 7) is 1.88. The number of benzene rings is 1. The van der Waals surface area contributed by atoms with E-state index in [0.717, 1.165) is 0 Å². The Morgan fingerprint density at radius 3 is 2.80 bits per heavy atom. The summed E-state index contributed by atoms with van der Waals surface area (Å²) in [7, 11) is 1.57. The summed E-state index contributed by atoms with van der Waals surface area (Å²) in [6.07, 6.45) is 1.21. The molecule has 1 aliphatic heterocycles. The summed E-state index contributed by atoms with van der Waals surface area (Å²) >= 11 is 0. The number of amides is 1. The Balaban J connectivity index is 1.63. The average molecular weight is 352 g/mol. The topological polar surface area (TPSA) is 73.9 Å². The average Bonchev–Trinajstić information content (AvgIpc) is 2.93. The molecule has 25 heavy (non-hydrogen) atoms. The Bertz CT molecular complexity index is 792. The molecule has 2 heterocycles. The summed E-state index contributed by atoms with van der Waals surface area (Å²) in [5, 5.41) is 0. The highest BCUT2D eigenvalue weighted by atomic mass is 19.1. The van der Waals surface area contributed by atoms with Gasteiger partial charge in [-0.3, -0.25) is 9.36 Å². The van der Waals surface area contributed by atoms with Gasteiger partial charge < -0.3 is 18.8 Å². The maximum atomic E-state index is 13.5. The molecule has 1 saturated heterocycles. The van der Waals surface area contributed by atoms with E-state index < -0.39 is 11.6 Å². The van der Waals surface area contributed by atoms with E-state index in [1.807, 2.05) is 0 Å². The minimum Gasteiger partial charge on any atom is -0.408 e. The maximum absolute atomic E-state index is 13.5. The Hall–Kier alpha value is -2.19. The molecule has 3 rings (SSSR count). The molecule has 0 radical (unpaired) electrons. The van der Waals surface area contributed by atoms with Crippen LogP contribution in [-0.4, -0.2) is 55.4 Å². The minimum atomic E-state index is -0.492. The van der Waals surface area contributed by atoms with E-state index in [-0.39, 0.29) is 18.6 Å². The number of oxazole rings is 1. The lowest BCUT2D eigenvalue weighted by atomic mass is 10.0. The van der Waals surface area contributed by atoms with Gasteiger partial charge in [-0.25, -0.2) is 9.18 Å². The molecule has 8 heteroatoms. The van der Waals surface area contributed by atoms with Gasteiger partial charge in [-0.05, 0) is 25.0 Å². The molecule has 0 atom stereocenters. The second kappa shape index (κ2) is 7.79. The van der Waals surface area contributed by atoms with Crippen LogP contribution in [0.25, 0.3) is 11.1 Å². The van der Waals surface area contributed by atoms with Gasteiger partial charge in [0.05, 0.1) is 18.7 Å². The lowest BCUT2D eigenvalue weighted by Gasteiger charge is -2.32. The van der Waals surface area contributed by atoms with E-state index in [1.54, 1.807) is 12.0 Å². The van der Waals surface area contributed by atoms with Gasteiger partial charge in [0.1, 0.15) is 12.4 Å². The monoisotopic (exact) mass is 352 g/mol. The quantitative estimate of drug-likeness (QED) is 0.738. The largest absolute Gasteiger partial charge is 0.420 e. The molecule has 1 aromatic heterocycles. The van der Waals surface area contributed by atoms with Gasteiger partial charge in [0.15, 0.2) is 5.58 Å². The summed E-state index contributed by atoms with van der Waals surface area (Å²) in [6, 6.07) is 3.91. The van der Waals surface area contributed by atoms with E-state index in [0.29, 0.717) is 50.2 Å². The fourth-order valence-electron chi connectivity index (χ4n) is 3.12. The number of hydrogen-bond donors (Lipinski definition) is 0. The van der Waals surface area contributed by atoms with Gasteiger partial charge in [-0.1, -0.05) is 0 Å². The third kappa shape index (κ3) is 3.91. The van der Waals surface area contributed by atoms with Crippen LogP contribution in [0.2, 0.25) is 0 Å². The Labute approximate surface area is 143 Å². The molecule has 136 valence electrons. The zero-order valence-electron chi connectivity index (χ0n) is 14.1. The molecular formula is C17H21FN2O5. The van der Waals surface area contributed by atoms with Gasteiger partial charge in [-0.15, -0.1) is 0 Å². The van der Waals surface area contributed by atoms with Crippen LogP contribution in [0.4, 0.5) is 4.39 Å². The van der Waals surface area contributed by atoms with Crippen LogP contribution in [0.3, 0.4) is 0 Å². The Morgan fingerprint density at radius 1 is 1.32 bits per heavy atom. The smallest absolute Gasteiger partial charge is 0.408 e. The number of aromatic nitrogens is 1. The molecule has 0 bridgehead atoms. The second-order valence-electron chi connectivity index (χ2n) is 6.01. The van der Waals surface area contributed by atoms with E-state index in [4.69, 9.17) is 13.9 Å². The minimum absolute atomic E-state index is 0.0217. The number of hydrogen-bond acceptors (Lipinski definition) is 5. The number of nitrogens with zero attached hydrogens (tertiary/aromatic N) is 2. The molecule has 1 aliphatic rings. The number of ether oxygens (including phenoxy) is 2.